The van der Waals surface area contributed by atoms with Crippen LogP contribution in [0.5, 0.6) is 5.75 Å². The first-order chi connectivity index (χ1) is 7.56. The fourth-order valence-corrected chi connectivity index (χ4v) is 1.38. The predicted octanol–water partition coefficient (Wildman–Crippen LogP) is 3.18. The number of hydrogen-bond donors (Lipinski definition) is 0. The van der Waals surface area contributed by atoms with Gasteiger partial charge in [-0.25, -0.2) is 0 Å². The van der Waals surface area contributed by atoms with Gasteiger partial charge in [-0.1, -0.05) is 12.1 Å². The van der Waals surface area contributed by atoms with Gasteiger partial charge in [0.1, 0.15) is 5.75 Å². The number of fused-ring (bicyclic) bond motifs is 1. The summed E-state index contributed by atoms with van der Waals surface area (Å²) in [6, 6.07) is 6.54. The number of pyridine rings is 1. The summed E-state index contributed by atoms with van der Waals surface area (Å²) in [5, 5.41) is 1.38. The van der Waals surface area contributed by atoms with Crippen LogP contribution in [0.25, 0.3) is 10.8 Å². The topological polar surface area (TPSA) is 22.1 Å². The van der Waals surface area contributed by atoms with Crippen LogP contribution in [0.2, 0.25) is 0 Å². The molecule has 2 nitrogen and oxygen atoms in total. The van der Waals surface area contributed by atoms with Crippen molar-refractivity contribution in [3.8, 4) is 5.75 Å². The van der Waals surface area contributed by atoms with Crippen LogP contribution in [-0.4, -0.2) is 17.8 Å². The van der Waals surface area contributed by atoms with Crippen molar-refractivity contribution in [1.82, 2.24) is 4.98 Å². The number of aromatic nitrogens is 1. The molecule has 0 atom stereocenters. The van der Waals surface area contributed by atoms with Crippen LogP contribution in [0, 0.1) is 0 Å². The van der Waals surface area contributed by atoms with E-state index >= 15 is 0 Å². The van der Waals surface area contributed by atoms with Crippen LogP contribution in [-0.2, 0) is 0 Å². The summed E-state index contributed by atoms with van der Waals surface area (Å²) in [5.41, 5.74) is 0. The van der Waals surface area contributed by atoms with E-state index in [1.807, 2.05) is 0 Å². The predicted molar refractivity (Wildman–Crippen MR) is 53.3 cm³/mol. The summed E-state index contributed by atoms with van der Waals surface area (Å²) in [6.45, 7) is -1.28. The average molecular weight is 227 g/mol. The molecule has 2 rings (SSSR count). The van der Waals surface area contributed by atoms with Crippen molar-refractivity contribution in [3.05, 3.63) is 36.7 Å². The van der Waals surface area contributed by atoms with E-state index in [0.29, 0.717) is 5.39 Å². The summed E-state index contributed by atoms with van der Waals surface area (Å²) < 4.78 is 40.7. The molecule has 0 unspecified atom stereocenters. The second-order valence-electron chi connectivity index (χ2n) is 3.26. The first-order valence-corrected chi connectivity index (χ1v) is 4.58. The lowest BCUT2D eigenvalue weighted by molar-refractivity contribution is -0.153. The number of ether oxygens (including phenoxy) is 1. The zero-order valence-electron chi connectivity index (χ0n) is 8.16. The molecule has 0 aliphatic carbocycles. The van der Waals surface area contributed by atoms with Crippen LogP contribution in [0.3, 0.4) is 0 Å². The van der Waals surface area contributed by atoms with Crippen LogP contribution >= 0.6 is 0 Å². The minimum atomic E-state index is -4.32. The monoisotopic (exact) mass is 227 g/mol. The zero-order chi connectivity index (χ0) is 11.6. The highest BCUT2D eigenvalue weighted by atomic mass is 19.4. The third-order valence-corrected chi connectivity index (χ3v) is 2.03. The molecule has 16 heavy (non-hydrogen) atoms. The molecule has 5 heteroatoms. The van der Waals surface area contributed by atoms with E-state index in [9.17, 15) is 13.2 Å². The maximum Gasteiger partial charge on any atom is 0.422 e. The first kappa shape index (κ1) is 10.7. The molecule has 1 aromatic carbocycles. The van der Waals surface area contributed by atoms with Gasteiger partial charge in [0.2, 0.25) is 0 Å². The largest absolute Gasteiger partial charge is 0.483 e. The lowest BCUT2D eigenvalue weighted by atomic mass is 10.1. The van der Waals surface area contributed by atoms with Gasteiger partial charge in [-0.2, -0.15) is 13.2 Å². The van der Waals surface area contributed by atoms with E-state index in [1.165, 1.54) is 12.3 Å². The van der Waals surface area contributed by atoms with Crippen molar-refractivity contribution in [3.63, 3.8) is 0 Å². The number of halogens is 3. The molecule has 0 aliphatic heterocycles. The van der Waals surface area contributed by atoms with Gasteiger partial charge in [-0.3, -0.25) is 4.98 Å². The normalized spacial score (nSPS) is 11.7. The maximum absolute atomic E-state index is 12.0. The second kappa shape index (κ2) is 4.00. The fourth-order valence-electron chi connectivity index (χ4n) is 1.38. The molecular formula is C11H8F3NO. The van der Waals surface area contributed by atoms with Crippen LogP contribution < -0.4 is 4.74 Å². The Balaban J connectivity index is 2.30. The quantitative estimate of drug-likeness (QED) is 0.786. The Kier molecular flexibility index (Phi) is 2.68. The van der Waals surface area contributed by atoms with Crippen molar-refractivity contribution >= 4 is 10.8 Å². The fraction of sp³-hybridized carbons (Fsp3) is 0.182. The molecule has 84 valence electrons. The average Bonchev–Trinajstić information content (AvgIpc) is 2.25. The lowest BCUT2D eigenvalue weighted by Crippen LogP contribution is -2.19. The molecule has 0 saturated carbocycles. The molecule has 0 radical (unpaired) electrons. The first-order valence-electron chi connectivity index (χ1n) is 4.58. The van der Waals surface area contributed by atoms with Gasteiger partial charge in [-0.15, -0.1) is 0 Å². The van der Waals surface area contributed by atoms with E-state index in [0.717, 1.165) is 5.39 Å². The summed E-state index contributed by atoms with van der Waals surface area (Å²) in [6.07, 6.45) is -1.23. The molecule has 0 aliphatic rings. The van der Waals surface area contributed by atoms with E-state index in [-0.39, 0.29) is 5.75 Å². The van der Waals surface area contributed by atoms with Crippen molar-refractivity contribution in [2.75, 3.05) is 6.61 Å². The van der Waals surface area contributed by atoms with E-state index < -0.39 is 12.8 Å². The van der Waals surface area contributed by atoms with Gasteiger partial charge in [-0.05, 0) is 12.1 Å². The molecule has 0 bridgehead atoms. The van der Waals surface area contributed by atoms with Gasteiger partial charge in [0.05, 0.1) is 0 Å². The Hall–Kier alpha value is -1.78. The maximum atomic E-state index is 12.0. The molecule has 0 N–H and O–H groups in total. The lowest BCUT2D eigenvalue weighted by Gasteiger charge is -2.10. The summed E-state index contributed by atoms with van der Waals surface area (Å²) >= 11 is 0. The Morgan fingerprint density at radius 3 is 2.75 bits per heavy atom. The van der Waals surface area contributed by atoms with E-state index in [4.69, 9.17) is 4.74 Å². The van der Waals surface area contributed by atoms with Crippen LogP contribution in [0.1, 0.15) is 0 Å². The second-order valence-corrected chi connectivity index (χ2v) is 3.26. The molecule has 0 spiro atoms. The van der Waals surface area contributed by atoms with Gasteiger partial charge in [0.25, 0.3) is 0 Å². The molecule has 0 fully saturated rings. The van der Waals surface area contributed by atoms with Crippen molar-refractivity contribution < 1.29 is 17.9 Å². The summed E-state index contributed by atoms with van der Waals surface area (Å²) in [5.74, 6) is 0.220. The SMILES string of the molecule is FC(F)(F)COc1cccc2cnccc12. The van der Waals surface area contributed by atoms with Gasteiger partial charge in [0.15, 0.2) is 6.61 Å². The smallest absolute Gasteiger partial charge is 0.422 e. The third kappa shape index (κ3) is 2.42. The van der Waals surface area contributed by atoms with Crippen LogP contribution in [0.4, 0.5) is 13.2 Å². The Morgan fingerprint density at radius 2 is 2.00 bits per heavy atom. The van der Waals surface area contributed by atoms with Gasteiger partial charge < -0.3 is 4.74 Å². The zero-order valence-corrected chi connectivity index (χ0v) is 8.16. The minimum Gasteiger partial charge on any atom is -0.483 e. The minimum absolute atomic E-state index is 0.220. The molecular weight excluding hydrogens is 219 g/mol. The van der Waals surface area contributed by atoms with E-state index in [1.54, 1.807) is 24.4 Å². The Labute approximate surface area is 89.7 Å². The molecule has 0 saturated heterocycles. The third-order valence-electron chi connectivity index (χ3n) is 2.03. The Bertz CT molecular complexity index is 491. The van der Waals surface area contributed by atoms with Gasteiger partial charge >= 0.3 is 6.18 Å². The number of nitrogens with zero attached hydrogens (tertiary/aromatic N) is 1. The van der Waals surface area contributed by atoms with Crippen molar-refractivity contribution in [2.24, 2.45) is 0 Å². The van der Waals surface area contributed by atoms with Crippen molar-refractivity contribution in [2.45, 2.75) is 6.18 Å². The Morgan fingerprint density at radius 1 is 1.19 bits per heavy atom. The standard InChI is InChI=1S/C11H8F3NO/c12-11(13,14)7-16-10-3-1-2-8-6-15-5-4-9(8)10/h1-6H,7H2. The number of hydrogen-bond acceptors (Lipinski definition) is 2. The number of benzene rings is 1. The highest BCUT2D eigenvalue weighted by Gasteiger charge is 2.28. The number of alkyl halides is 3. The van der Waals surface area contributed by atoms with Gasteiger partial charge in [0, 0.05) is 23.2 Å². The summed E-state index contributed by atoms with van der Waals surface area (Å²) in [7, 11) is 0. The summed E-state index contributed by atoms with van der Waals surface area (Å²) in [4.78, 5) is 3.89. The molecule has 0 amide bonds. The van der Waals surface area contributed by atoms with Crippen LogP contribution in [0.15, 0.2) is 36.7 Å². The molecule has 2 aromatic rings. The highest BCUT2D eigenvalue weighted by molar-refractivity contribution is 5.87. The highest BCUT2D eigenvalue weighted by Crippen LogP contribution is 2.26. The van der Waals surface area contributed by atoms with E-state index in [2.05, 4.69) is 4.98 Å². The molecule has 1 aromatic heterocycles. The van der Waals surface area contributed by atoms with Crippen molar-refractivity contribution in [1.29, 1.82) is 0 Å². The number of rotatable bonds is 2. The molecule has 1 heterocycles.